The number of benzene rings is 5. The van der Waals surface area contributed by atoms with Crippen LogP contribution in [-0.2, 0) is 6.42 Å². The molecule has 7 aromatic heterocycles. The van der Waals surface area contributed by atoms with Gasteiger partial charge in [-0.05, 0) is 126 Å². The molecule has 2 atom stereocenters. The number of unbranched alkanes of at least 4 members (excludes halogenated alkanes) is 1. The molecule has 9 heterocycles. The van der Waals surface area contributed by atoms with Gasteiger partial charge in [0.15, 0.2) is 0 Å². The molecule has 0 spiro atoms. The van der Waals surface area contributed by atoms with E-state index < -0.39 is 0 Å². The summed E-state index contributed by atoms with van der Waals surface area (Å²) >= 11 is 0. The lowest BCUT2D eigenvalue weighted by molar-refractivity contribution is 0.674. The van der Waals surface area contributed by atoms with Crippen molar-refractivity contribution in [1.29, 1.82) is 0 Å². The molecule has 2 aliphatic heterocycles. The van der Waals surface area contributed by atoms with Crippen LogP contribution in [0.5, 0.6) is 0 Å². The molecule has 372 valence electrons. The van der Waals surface area contributed by atoms with E-state index in [4.69, 9.17) is 41.5 Å². The van der Waals surface area contributed by atoms with E-state index in [2.05, 4.69) is 204 Å². The van der Waals surface area contributed by atoms with Gasteiger partial charge in [-0.25, -0.2) is 29.9 Å². The Morgan fingerprint density at radius 2 is 1.22 bits per heavy atom. The standard InChI is InChI=1S/C71H53N7/c1-6-7-16-51-53-31-38-57-54-18-9-13-44-24-33-61(76-67(44)54)60-32-23-43-12-8-17-47(66(43)75-60)39(2)21-28-49(42(5)65(53)72-57)64(51)40(3)22-27-48-41(4)50-29-36-58-55-19-10-14-45-25-34-62(77-68(45)55)63-35-26-46-15-11-20-56(69(46)78-63)59-37-30-52(48)71(74-59)70(50)73-58/h8-21,23-26,28-38,55,68H,2,6-7,22,27H2,1,3-5H3/b28-21?,51-16+,64-40+. The summed E-state index contributed by atoms with van der Waals surface area (Å²) in [6, 6.07) is 49.7. The van der Waals surface area contributed by atoms with Crippen molar-refractivity contribution in [2.24, 2.45) is 4.99 Å². The first-order chi connectivity index (χ1) is 38.3. The van der Waals surface area contributed by atoms with Gasteiger partial charge in [0, 0.05) is 54.6 Å². The number of dihydropyridines is 1. The Morgan fingerprint density at radius 3 is 2.04 bits per heavy atom. The van der Waals surface area contributed by atoms with Crippen molar-refractivity contribution >= 4 is 122 Å². The lowest BCUT2D eigenvalue weighted by Crippen LogP contribution is -2.30. The van der Waals surface area contributed by atoms with Crippen LogP contribution in [0.4, 0.5) is 0 Å². The van der Waals surface area contributed by atoms with Gasteiger partial charge in [-0.15, -0.1) is 0 Å². The zero-order chi connectivity index (χ0) is 52.3. The van der Waals surface area contributed by atoms with E-state index in [9.17, 15) is 0 Å². The molecule has 0 saturated heterocycles. The zero-order valence-electron chi connectivity index (χ0n) is 44.1. The molecule has 15 rings (SSSR count). The molecule has 0 amide bonds. The van der Waals surface area contributed by atoms with Crippen LogP contribution >= 0.6 is 0 Å². The fraction of sp³-hybridized carbons (Fsp3) is 0.141. The SMILES string of the molecule is C=c1ccc2c(C)c3nc(ccc3c(=C\CCC)/c2=C(\C)CCc2c(C)c3ccc4nc3c3nc(ccc23)-c2cccc3ccc(nc23)C2=NC3C(=CC=CC43)C=C2)c2cccc3ccc(nc32)c2ccc3cccc1c3n2. The molecule has 7 heteroatoms. The predicted molar refractivity (Wildman–Crippen MR) is 326 cm³/mol. The van der Waals surface area contributed by atoms with E-state index in [1.54, 1.807) is 0 Å². The number of fused-ring (bicyclic) bond motifs is 12. The van der Waals surface area contributed by atoms with E-state index in [0.717, 1.165) is 163 Å². The van der Waals surface area contributed by atoms with E-state index in [0.29, 0.717) is 0 Å². The van der Waals surface area contributed by atoms with Gasteiger partial charge in [-0.1, -0.05) is 159 Å². The Hall–Kier alpha value is -9.33. The maximum absolute atomic E-state index is 5.63. The first kappa shape index (κ1) is 46.0. The van der Waals surface area contributed by atoms with Crippen LogP contribution in [0.2, 0.25) is 0 Å². The second kappa shape index (κ2) is 17.9. The summed E-state index contributed by atoms with van der Waals surface area (Å²) in [6.07, 6.45) is 16.9. The third-order valence-electron chi connectivity index (χ3n) is 16.9. The number of aromatic nitrogens is 6. The number of pyridine rings is 6. The molecule has 78 heavy (non-hydrogen) atoms. The van der Waals surface area contributed by atoms with Crippen LogP contribution in [0.15, 0.2) is 180 Å². The van der Waals surface area contributed by atoms with Gasteiger partial charge >= 0.3 is 0 Å². The number of hydrogen-bond donors (Lipinski definition) is 0. The molecule has 0 radical (unpaired) electrons. The van der Waals surface area contributed by atoms with Crippen molar-refractivity contribution in [3.8, 4) is 11.3 Å². The summed E-state index contributed by atoms with van der Waals surface area (Å²) in [5, 5.41) is 13.1. The number of aliphatic imine (C=N–C) groups is 1. The molecular weight excluding hydrogens is 951 g/mol. The number of nitrogens with zero attached hydrogens (tertiary/aromatic N) is 7. The summed E-state index contributed by atoms with van der Waals surface area (Å²) < 4.78 is 0. The molecule has 3 aliphatic rings. The van der Waals surface area contributed by atoms with Crippen molar-refractivity contribution in [1.82, 2.24) is 29.9 Å². The highest BCUT2D eigenvalue weighted by Crippen LogP contribution is 2.40. The molecular formula is C71H53N7. The number of para-hydroxylation sites is 3. The van der Waals surface area contributed by atoms with Crippen molar-refractivity contribution < 1.29 is 0 Å². The minimum absolute atomic E-state index is 0.0454. The summed E-state index contributed by atoms with van der Waals surface area (Å²) in [5.41, 5.74) is 18.8. The monoisotopic (exact) mass is 1000 g/mol. The van der Waals surface area contributed by atoms with E-state index in [1.165, 1.54) is 32.7 Å². The maximum atomic E-state index is 5.63. The fourth-order valence-corrected chi connectivity index (χ4v) is 12.8. The lowest BCUT2D eigenvalue weighted by Gasteiger charge is -2.28. The van der Waals surface area contributed by atoms with Crippen molar-refractivity contribution in [3.63, 3.8) is 0 Å². The summed E-state index contributed by atoms with van der Waals surface area (Å²) in [6.45, 7) is 13.8. The van der Waals surface area contributed by atoms with Gasteiger partial charge in [0.1, 0.15) is 0 Å². The smallest absolute Gasteiger partial charge is 0.0975 e. The van der Waals surface area contributed by atoms with Gasteiger partial charge in [-0.2, -0.15) is 0 Å². The fourth-order valence-electron chi connectivity index (χ4n) is 12.8. The largest absolute Gasteiger partial charge is 0.274 e. The van der Waals surface area contributed by atoms with Crippen molar-refractivity contribution in [2.75, 3.05) is 0 Å². The van der Waals surface area contributed by atoms with E-state index in [-0.39, 0.29) is 12.0 Å². The van der Waals surface area contributed by atoms with Crippen molar-refractivity contribution in [3.05, 3.63) is 219 Å². The Labute approximate surface area is 450 Å². The molecule has 7 nitrogen and oxygen atoms in total. The minimum Gasteiger partial charge on any atom is -0.274 e. The van der Waals surface area contributed by atoms with Gasteiger partial charge in [-0.3, -0.25) is 4.99 Å². The van der Waals surface area contributed by atoms with Gasteiger partial charge in [0.25, 0.3) is 0 Å². The van der Waals surface area contributed by atoms with Crippen LogP contribution in [0.1, 0.15) is 67.1 Å². The second-order valence-corrected chi connectivity index (χ2v) is 21.5. The first-order valence-electron chi connectivity index (χ1n) is 27.3. The van der Waals surface area contributed by atoms with Crippen LogP contribution in [0.3, 0.4) is 0 Å². The molecule has 5 aromatic carbocycles. The predicted octanol–water partition coefficient (Wildman–Crippen LogP) is 14.7. The Bertz CT molecular complexity index is 5060. The van der Waals surface area contributed by atoms with E-state index >= 15 is 0 Å². The zero-order valence-corrected chi connectivity index (χ0v) is 44.1. The first-order valence-corrected chi connectivity index (χ1v) is 27.3. The van der Waals surface area contributed by atoms with Crippen LogP contribution in [0.25, 0.3) is 128 Å². The molecule has 0 fully saturated rings. The Balaban J connectivity index is 0.973. The third-order valence-corrected chi connectivity index (χ3v) is 16.9. The Morgan fingerprint density at radius 1 is 0.551 bits per heavy atom. The molecule has 2 unspecified atom stereocenters. The summed E-state index contributed by atoms with van der Waals surface area (Å²) in [5.74, 6) is -0.0454. The van der Waals surface area contributed by atoms with Crippen LogP contribution in [0, 0.1) is 13.8 Å². The minimum atomic E-state index is -0.114. The molecule has 0 saturated carbocycles. The van der Waals surface area contributed by atoms with Gasteiger partial charge in [0.05, 0.1) is 78.5 Å². The highest BCUT2D eigenvalue weighted by Gasteiger charge is 2.30. The third kappa shape index (κ3) is 7.21. The number of allylic oxidation sites excluding steroid dienone is 3. The molecule has 15 bridgehead atoms. The number of aryl methyl sites for hydroxylation is 3. The van der Waals surface area contributed by atoms with Crippen LogP contribution in [-0.4, -0.2) is 41.7 Å². The maximum Gasteiger partial charge on any atom is 0.0975 e. The summed E-state index contributed by atoms with van der Waals surface area (Å²) in [7, 11) is 0. The van der Waals surface area contributed by atoms with E-state index in [1.807, 2.05) is 0 Å². The lowest BCUT2D eigenvalue weighted by atomic mass is 9.83. The summed E-state index contributed by atoms with van der Waals surface area (Å²) in [4.78, 5) is 38.2. The second-order valence-electron chi connectivity index (χ2n) is 21.5. The number of hydrogen-bond acceptors (Lipinski definition) is 7. The van der Waals surface area contributed by atoms with Crippen molar-refractivity contribution in [2.45, 2.75) is 65.3 Å². The highest BCUT2D eigenvalue weighted by molar-refractivity contribution is 6.12. The average molecular weight is 1000 g/mol. The molecule has 1 aliphatic carbocycles. The average Bonchev–Trinajstić information content (AvgIpc) is 3.58. The topological polar surface area (TPSA) is 89.7 Å². The number of rotatable bonds is 5. The van der Waals surface area contributed by atoms with Gasteiger partial charge in [0.2, 0.25) is 0 Å². The highest BCUT2D eigenvalue weighted by atomic mass is 14.9. The molecule has 12 aromatic rings. The Kier molecular flexibility index (Phi) is 10.6. The molecule has 0 N–H and O–H groups in total. The van der Waals surface area contributed by atoms with Crippen LogP contribution < -0.4 is 15.7 Å². The normalized spacial score (nSPS) is 16.3. The van der Waals surface area contributed by atoms with Gasteiger partial charge < -0.3 is 0 Å². The quantitative estimate of drug-likeness (QED) is 0.160.